The van der Waals surface area contributed by atoms with Gasteiger partial charge in [-0.05, 0) is 24.6 Å². The number of aryl methyl sites for hydroxylation is 1. The third-order valence-electron chi connectivity index (χ3n) is 4.38. The molecule has 118 valence electrons. The van der Waals surface area contributed by atoms with Crippen molar-refractivity contribution in [3.63, 3.8) is 0 Å². The van der Waals surface area contributed by atoms with Crippen molar-refractivity contribution in [1.29, 1.82) is 0 Å². The molecule has 1 fully saturated rings. The van der Waals surface area contributed by atoms with Gasteiger partial charge in [-0.25, -0.2) is 9.97 Å². The van der Waals surface area contributed by atoms with Crippen LogP contribution in [0.25, 0.3) is 5.65 Å². The highest BCUT2D eigenvalue weighted by atomic mass is 35.5. The molecule has 23 heavy (non-hydrogen) atoms. The molecule has 0 atom stereocenters. The maximum Gasteiger partial charge on any atom is 0.180 e. The summed E-state index contributed by atoms with van der Waals surface area (Å²) >= 11 is 6.16. The maximum absolute atomic E-state index is 6.16. The molecule has 0 aliphatic carbocycles. The number of aromatic nitrogens is 3. The van der Waals surface area contributed by atoms with Crippen LogP contribution >= 0.6 is 11.6 Å². The smallest absolute Gasteiger partial charge is 0.180 e. The van der Waals surface area contributed by atoms with Crippen molar-refractivity contribution < 1.29 is 0 Å². The number of imidazole rings is 1. The van der Waals surface area contributed by atoms with E-state index in [1.165, 1.54) is 11.3 Å². The van der Waals surface area contributed by atoms with E-state index in [1.54, 1.807) is 0 Å². The van der Waals surface area contributed by atoms with Gasteiger partial charge in [0.05, 0.1) is 0 Å². The standard InChI is InChI=1S/C17H18ClN5/c1-13-2-3-14(18)12-15(13)21-8-10-23(11-9-21)17-16-19-4-6-22(16)7-5-20-17/h2-7,12H,8-11H2,1H3. The molecule has 2 aromatic heterocycles. The second-order valence-electron chi connectivity index (χ2n) is 5.81. The second-order valence-corrected chi connectivity index (χ2v) is 6.25. The molecule has 0 bridgehead atoms. The minimum atomic E-state index is 0.789. The average Bonchev–Trinajstić information content (AvgIpc) is 3.06. The first-order valence-electron chi connectivity index (χ1n) is 7.76. The number of hydrogen-bond donors (Lipinski definition) is 0. The third kappa shape index (κ3) is 2.61. The van der Waals surface area contributed by atoms with Gasteiger partial charge in [-0.3, -0.25) is 0 Å². The third-order valence-corrected chi connectivity index (χ3v) is 4.62. The Morgan fingerprint density at radius 1 is 0.957 bits per heavy atom. The summed E-state index contributed by atoms with van der Waals surface area (Å²) in [6, 6.07) is 6.08. The van der Waals surface area contributed by atoms with Gasteiger partial charge in [0.1, 0.15) is 0 Å². The molecule has 1 saturated heterocycles. The summed E-state index contributed by atoms with van der Waals surface area (Å²) in [5, 5.41) is 0.789. The van der Waals surface area contributed by atoms with Crippen molar-refractivity contribution in [2.24, 2.45) is 0 Å². The molecule has 0 N–H and O–H groups in total. The summed E-state index contributed by atoms with van der Waals surface area (Å²) in [6.07, 6.45) is 7.52. The zero-order valence-electron chi connectivity index (χ0n) is 13.0. The van der Waals surface area contributed by atoms with Crippen LogP contribution in [0.2, 0.25) is 5.02 Å². The van der Waals surface area contributed by atoms with Crippen LogP contribution in [-0.4, -0.2) is 40.5 Å². The number of fused-ring (bicyclic) bond motifs is 1. The molecule has 4 rings (SSSR count). The van der Waals surface area contributed by atoms with Crippen molar-refractivity contribution in [3.8, 4) is 0 Å². The Hall–Kier alpha value is -2.27. The summed E-state index contributed by atoms with van der Waals surface area (Å²) in [7, 11) is 0. The molecule has 6 heteroatoms. The fourth-order valence-corrected chi connectivity index (χ4v) is 3.31. The van der Waals surface area contributed by atoms with Crippen molar-refractivity contribution in [3.05, 3.63) is 53.6 Å². The number of benzene rings is 1. The van der Waals surface area contributed by atoms with E-state index in [9.17, 15) is 0 Å². The quantitative estimate of drug-likeness (QED) is 0.725. The SMILES string of the molecule is Cc1ccc(Cl)cc1N1CCN(c2nccn3ccnc23)CC1. The maximum atomic E-state index is 6.16. The van der Waals surface area contributed by atoms with E-state index in [-0.39, 0.29) is 0 Å². The molecule has 1 aliphatic rings. The molecule has 3 aromatic rings. The molecule has 0 spiro atoms. The number of halogens is 1. The Bertz CT molecular complexity index is 836. The Kier molecular flexibility index (Phi) is 3.58. The van der Waals surface area contributed by atoms with Crippen LogP contribution in [0.15, 0.2) is 43.0 Å². The number of rotatable bonds is 2. The van der Waals surface area contributed by atoms with Gasteiger partial charge in [0.15, 0.2) is 11.5 Å². The van der Waals surface area contributed by atoms with Crippen LogP contribution < -0.4 is 9.80 Å². The number of anilines is 2. The summed E-state index contributed by atoms with van der Waals surface area (Å²) < 4.78 is 2.01. The summed E-state index contributed by atoms with van der Waals surface area (Å²) in [5.41, 5.74) is 3.40. The summed E-state index contributed by atoms with van der Waals surface area (Å²) in [6.45, 7) is 5.87. The van der Waals surface area contributed by atoms with Crippen LogP contribution in [0.5, 0.6) is 0 Å². The fourth-order valence-electron chi connectivity index (χ4n) is 3.15. The van der Waals surface area contributed by atoms with Gasteiger partial charge in [0, 0.05) is 61.7 Å². The lowest BCUT2D eigenvalue weighted by molar-refractivity contribution is 0.646. The highest BCUT2D eigenvalue weighted by molar-refractivity contribution is 6.30. The van der Waals surface area contributed by atoms with Gasteiger partial charge in [0.2, 0.25) is 0 Å². The van der Waals surface area contributed by atoms with Crippen molar-refractivity contribution in [2.45, 2.75) is 6.92 Å². The van der Waals surface area contributed by atoms with Crippen LogP contribution in [0, 0.1) is 6.92 Å². The van der Waals surface area contributed by atoms with E-state index >= 15 is 0 Å². The molecule has 3 heterocycles. The van der Waals surface area contributed by atoms with Crippen LogP contribution in [0.1, 0.15) is 5.56 Å². The average molecular weight is 328 g/mol. The van der Waals surface area contributed by atoms with Crippen LogP contribution in [0.3, 0.4) is 0 Å². The molecule has 0 saturated carbocycles. The molecular formula is C17H18ClN5. The lowest BCUT2D eigenvalue weighted by atomic mass is 10.1. The van der Waals surface area contributed by atoms with E-state index in [1.807, 2.05) is 35.3 Å². The fraction of sp³-hybridized carbons (Fsp3) is 0.294. The van der Waals surface area contributed by atoms with Crippen molar-refractivity contribution >= 4 is 28.8 Å². The van der Waals surface area contributed by atoms with E-state index in [2.05, 4.69) is 38.8 Å². The Morgan fingerprint density at radius 3 is 2.43 bits per heavy atom. The lowest BCUT2D eigenvalue weighted by Gasteiger charge is -2.37. The number of hydrogen-bond acceptors (Lipinski definition) is 4. The second kappa shape index (κ2) is 5.74. The Labute approximate surface area is 140 Å². The first-order chi connectivity index (χ1) is 11.2. The minimum Gasteiger partial charge on any atom is -0.368 e. The van der Waals surface area contributed by atoms with Crippen molar-refractivity contribution in [2.75, 3.05) is 36.0 Å². The molecule has 1 aliphatic heterocycles. The summed E-state index contributed by atoms with van der Waals surface area (Å²) in [4.78, 5) is 13.7. The zero-order chi connectivity index (χ0) is 15.8. The van der Waals surface area contributed by atoms with Gasteiger partial charge in [-0.2, -0.15) is 0 Å². The topological polar surface area (TPSA) is 36.7 Å². The first-order valence-corrected chi connectivity index (χ1v) is 8.14. The minimum absolute atomic E-state index is 0.789. The molecule has 5 nitrogen and oxygen atoms in total. The molecule has 0 unspecified atom stereocenters. The Morgan fingerprint density at radius 2 is 1.65 bits per heavy atom. The first kappa shape index (κ1) is 14.3. The predicted molar refractivity (Wildman–Crippen MR) is 93.6 cm³/mol. The van der Waals surface area contributed by atoms with Gasteiger partial charge < -0.3 is 14.2 Å². The van der Waals surface area contributed by atoms with E-state index in [0.29, 0.717) is 0 Å². The largest absolute Gasteiger partial charge is 0.368 e. The highest BCUT2D eigenvalue weighted by Gasteiger charge is 2.21. The monoisotopic (exact) mass is 327 g/mol. The lowest BCUT2D eigenvalue weighted by Crippen LogP contribution is -2.47. The van der Waals surface area contributed by atoms with E-state index < -0.39 is 0 Å². The predicted octanol–water partition coefficient (Wildman–Crippen LogP) is 3.02. The number of nitrogens with zero attached hydrogens (tertiary/aromatic N) is 5. The van der Waals surface area contributed by atoms with Crippen LogP contribution in [0.4, 0.5) is 11.5 Å². The van der Waals surface area contributed by atoms with Gasteiger partial charge >= 0.3 is 0 Å². The normalized spacial score (nSPS) is 15.4. The molecule has 1 aromatic carbocycles. The number of piperazine rings is 1. The van der Waals surface area contributed by atoms with Crippen molar-refractivity contribution in [1.82, 2.24) is 14.4 Å². The van der Waals surface area contributed by atoms with E-state index in [4.69, 9.17) is 11.6 Å². The highest BCUT2D eigenvalue weighted by Crippen LogP contribution is 2.26. The summed E-state index contributed by atoms with van der Waals surface area (Å²) in [5.74, 6) is 0.958. The van der Waals surface area contributed by atoms with E-state index in [0.717, 1.165) is 42.7 Å². The Balaban J connectivity index is 1.55. The van der Waals surface area contributed by atoms with Gasteiger partial charge in [-0.1, -0.05) is 17.7 Å². The molecular weight excluding hydrogens is 310 g/mol. The van der Waals surface area contributed by atoms with Gasteiger partial charge in [-0.15, -0.1) is 0 Å². The van der Waals surface area contributed by atoms with Crippen LogP contribution in [-0.2, 0) is 0 Å². The molecule has 0 radical (unpaired) electrons. The zero-order valence-corrected chi connectivity index (χ0v) is 13.7. The van der Waals surface area contributed by atoms with Gasteiger partial charge in [0.25, 0.3) is 0 Å². The molecule has 0 amide bonds.